The summed E-state index contributed by atoms with van der Waals surface area (Å²) >= 11 is 5.95. The molecule has 9 heteroatoms. The highest BCUT2D eigenvalue weighted by Gasteiger charge is 2.36. The monoisotopic (exact) mass is 375 g/mol. The first-order valence-corrected chi connectivity index (χ1v) is 7.47. The van der Waals surface area contributed by atoms with Gasteiger partial charge in [0.15, 0.2) is 0 Å². The Morgan fingerprint density at radius 2 is 1.42 bits per heavy atom. The van der Waals surface area contributed by atoms with E-state index < -0.39 is 62.2 Å². The maximum Gasteiger partial charge on any atom is 0.339 e. The van der Waals surface area contributed by atoms with Gasteiger partial charge in [-0.2, -0.15) is 0 Å². The third-order valence-electron chi connectivity index (χ3n) is 3.76. The zero-order valence-electron chi connectivity index (χ0n) is 12.8. The van der Waals surface area contributed by atoms with Gasteiger partial charge in [0.2, 0.25) is 11.6 Å². The van der Waals surface area contributed by atoms with Crippen LogP contribution in [0, 0.1) is 0 Å². The van der Waals surface area contributed by atoms with E-state index in [0.29, 0.717) is 0 Å². The molecular formula is C17H10ClNO7. The summed E-state index contributed by atoms with van der Waals surface area (Å²) in [5.74, 6) is -4.65. The van der Waals surface area contributed by atoms with Crippen LogP contribution in [0.25, 0.3) is 0 Å². The quantitative estimate of drug-likeness (QED) is 0.514. The molecular weight excluding hydrogens is 366 g/mol. The number of phenols is 3. The lowest BCUT2D eigenvalue weighted by atomic mass is 9.90. The number of allylic oxidation sites excluding steroid dienone is 2. The van der Waals surface area contributed by atoms with Gasteiger partial charge < -0.3 is 25.7 Å². The third kappa shape index (κ3) is 2.62. The van der Waals surface area contributed by atoms with Crippen LogP contribution in [0.2, 0.25) is 0 Å². The smallest absolute Gasteiger partial charge is 0.339 e. The van der Waals surface area contributed by atoms with E-state index in [0.717, 1.165) is 24.3 Å². The minimum absolute atomic E-state index is 0.0672. The summed E-state index contributed by atoms with van der Waals surface area (Å²) in [7, 11) is 0. The van der Waals surface area contributed by atoms with Crippen molar-refractivity contribution in [3.8, 4) is 17.2 Å². The number of carboxylic acid groups (broad SMARTS) is 1. The molecule has 5 N–H and O–H groups in total. The number of fused-ring (bicyclic) bond motifs is 1. The highest BCUT2D eigenvalue weighted by atomic mass is 35.5. The minimum atomic E-state index is -1.40. The number of carboxylic acids is 1. The molecule has 0 amide bonds. The fourth-order valence-corrected chi connectivity index (χ4v) is 2.76. The molecule has 0 unspecified atom stereocenters. The van der Waals surface area contributed by atoms with E-state index in [-0.39, 0.29) is 5.69 Å². The number of aromatic hydroxyl groups is 3. The fourth-order valence-electron chi connectivity index (χ4n) is 2.53. The van der Waals surface area contributed by atoms with E-state index in [1.807, 2.05) is 0 Å². The number of aromatic carboxylic acids is 1. The summed E-state index contributed by atoms with van der Waals surface area (Å²) in [4.78, 5) is 36.1. The summed E-state index contributed by atoms with van der Waals surface area (Å²) in [5, 5.41) is 40.3. The molecule has 2 aromatic rings. The molecule has 1 aliphatic carbocycles. The van der Waals surface area contributed by atoms with Crippen molar-refractivity contribution < 1.29 is 34.8 Å². The molecule has 0 radical (unpaired) electrons. The van der Waals surface area contributed by atoms with Crippen LogP contribution in [-0.2, 0) is 0 Å². The zero-order valence-corrected chi connectivity index (χ0v) is 13.5. The number of hydrogen-bond acceptors (Lipinski definition) is 7. The first-order chi connectivity index (χ1) is 12.2. The van der Waals surface area contributed by atoms with Crippen LogP contribution in [0.15, 0.2) is 41.1 Å². The number of carbonyl (C=O) groups excluding carboxylic acids is 2. The van der Waals surface area contributed by atoms with Crippen LogP contribution < -0.4 is 5.32 Å². The molecule has 8 nitrogen and oxygen atoms in total. The molecule has 0 saturated carbocycles. The van der Waals surface area contributed by atoms with Crippen LogP contribution in [-0.4, -0.2) is 38.0 Å². The summed E-state index contributed by atoms with van der Waals surface area (Å²) in [5.41, 5.74) is -1.59. The predicted molar refractivity (Wildman–Crippen MR) is 90.0 cm³/mol. The topological polar surface area (TPSA) is 144 Å². The number of Topliss-reactive ketones (excluding diaryl/α,β-unsaturated/α-hetero) is 2. The number of carbonyl (C=O) groups is 3. The van der Waals surface area contributed by atoms with Crippen molar-refractivity contribution >= 4 is 34.8 Å². The van der Waals surface area contributed by atoms with E-state index in [1.54, 1.807) is 0 Å². The Bertz CT molecular complexity index is 1030. The number of anilines is 1. The van der Waals surface area contributed by atoms with E-state index in [2.05, 4.69) is 5.32 Å². The molecule has 0 fully saturated rings. The molecule has 0 aromatic heterocycles. The SMILES string of the molecule is O=C(O)c1cc(NC2=C(Cl)C(=O)c3c(O)ccc(O)c3C2=O)ccc1O. The normalized spacial score (nSPS) is 13.6. The van der Waals surface area contributed by atoms with Crippen LogP contribution in [0.4, 0.5) is 5.69 Å². The van der Waals surface area contributed by atoms with Crippen LogP contribution in [0.1, 0.15) is 31.1 Å². The highest BCUT2D eigenvalue weighted by Crippen LogP contribution is 2.38. The number of hydrogen-bond donors (Lipinski definition) is 5. The molecule has 0 bridgehead atoms. The van der Waals surface area contributed by atoms with Crippen molar-refractivity contribution in [2.45, 2.75) is 0 Å². The number of halogens is 1. The lowest BCUT2D eigenvalue weighted by molar-refractivity contribution is 0.0693. The Labute approximate surface area is 150 Å². The first-order valence-electron chi connectivity index (χ1n) is 7.09. The van der Waals surface area contributed by atoms with Crippen molar-refractivity contribution in [3.63, 3.8) is 0 Å². The molecule has 0 atom stereocenters. The Kier molecular flexibility index (Phi) is 4.05. The molecule has 132 valence electrons. The van der Waals surface area contributed by atoms with Gasteiger partial charge in [0.25, 0.3) is 0 Å². The number of phenolic OH excluding ortho intramolecular Hbond substituents is 2. The van der Waals surface area contributed by atoms with Crippen molar-refractivity contribution in [3.05, 3.63) is 57.8 Å². The highest BCUT2D eigenvalue weighted by molar-refractivity contribution is 6.50. The maximum atomic E-state index is 12.6. The second-order valence-corrected chi connectivity index (χ2v) is 5.74. The van der Waals surface area contributed by atoms with Gasteiger partial charge in [-0.05, 0) is 30.3 Å². The van der Waals surface area contributed by atoms with E-state index in [4.69, 9.17) is 16.7 Å². The molecule has 0 heterocycles. The van der Waals surface area contributed by atoms with Crippen LogP contribution >= 0.6 is 11.6 Å². The number of benzene rings is 2. The average molecular weight is 376 g/mol. The maximum absolute atomic E-state index is 12.6. The lowest BCUT2D eigenvalue weighted by Crippen LogP contribution is -2.24. The van der Waals surface area contributed by atoms with Gasteiger partial charge in [-0.1, -0.05) is 11.6 Å². The molecule has 1 aliphatic rings. The first kappa shape index (κ1) is 17.3. The predicted octanol–water partition coefficient (Wildman–Crippen LogP) is 2.44. The summed E-state index contributed by atoms with van der Waals surface area (Å²) < 4.78 is 0. The fraction of sp³-hybridized carbons (Fsp3) is 0. The van der Waals surface area contributed by atoms with Crippen molar-refractivity contribution in [2.75, 3.05) is 5.32 Å². The van der Waals surface area contributed by atoms with Gasteiger partial charge in [-0.3, -0.25) is 9.59 Å². The standard InChI is InChI=1S/C17H10ClNO7/c18-13-14(19-6-1-2-8(20)7(5-6)17(25)26)16(24)12-10(22)4-3-9(21)11(12)15(13)23/h1-5,19-22H,(H,25,26). The number of nitrogens with one attached hydrogen (secondary N) is 1. The van der Waals surface area contributed by atoms with Gasteiger partial charge in [0.05, 0.1) is 11.1 Å². The van der Waals surface area contributed by atoms with Crippen LogP contribution in [0.3, 0.4) is 0 Å². The van der Waals surface area contributed by atoms with Gasteiger partial charge in [-0.15, -0.1) is 0 Å². The molecule has 2 aromatic carbocycles. The summed E-state index contributed by atoms with van der Waals surface area (Å²) in [6.45, 7) is 0. The second kappa shape index (κ2) is 6.08. The lowest BCUT2D eigenvalue weighted by Gasteiger charge is -2.20. The average Bonchev–Trinajstić information content (AvgIpc) is 2.59. The van der Waals surface area contributed by atoms with Gasteiger partial charge in [0.1, 0.15) is 33.5 Å². The van der Waals surface area contributed by atoms with Crippen molar-refractivity contribution in [2.24, 2.45) is 0 Å². The van der Waals surface area contributed by atoms with Gasteiger partial charge >= 0.3 is 5.97 Å². The molecule has 26 heavy (non-hydrogen) atoms. The second-order valence-electron chi connectivity index (χ2n) is 5.36. The summed E-state index contributed by atoms with van der Waals surface area (Å²) in [6.07, 6.45) is 0. The Balaban J connectivity index is 2.09. The Hall–Kier alpha value is -3.52. The largest absolute Gasteiger partial charge is 0.507 e. The minimum Gasteiger partial charge on any atom is -0.507 e. The third-order valence-corrected chi connectivity index (χ3v) is 4.12. The summed E-state index contributed by atoms with van der Waals surface area (Å²) in [6, 6.07) is 5.52. The molecule has 0 aliphatic heterocycles. The van der Waals surface area contributed by atoms with Gasteiger partial charge in [0, 0.05) is 5.69 Å². The number of ketones is 2. The zero-order chi connectivity index (χ0) is 19.2. The van der Waals surface area contributed by atoms with E-state index in [1.165, 1.54) is 6.07 Å². The molecule has 0 saturated heterocycles. The Morgan fingerprint density at radius 1 is 0.885 bits per heavy atom. The molecule has 0 spiro atoms. The Morgan fingerprint density at radius 3 is 2.00 bits per heavy atom. The van der Waals surface area contributed by atoms with Gasteiger partial charge in [-0.25, -0.2) is 4.79 Å². The van der Waals surface area contributed by atoms with Crippen molar-refractivity contribution in [1.82, 2.24) is 0 Å². The number of rotatable bonds is 3. The van der Waals surface area contributed by atoms with Crippen molar-refractivity contribution in [1.29, 1.82) is 0 Å². The van der Waals surface area contributed by atoms with E-state index >= 15 is 0 Å². The van der Waals surface area contributed by atoms with E-state index in [9.17, 15) is 29.7 Å². The van der Waals surface area contributed by atoms with Crippen LogP contribution in [0.5, 0.6) is 17.2 Å². The molecule has 3 rings (SSSR count).